The smallest absolute Gasteiger partial charge is 0.0698 e. The van der Waals surface area contributed by atoms with Crippen LogP contribution in [0.25, 0.3) is 10.1 Å². The zero-order valence-electron chi connectivity index (χ0n) is 7.88. The van der Waals surface area contributed by atoms with Crippen LogP contribution in [0.2, 0.25) is 5.02 Å². The summed E-state index contributed by atoms with van der Waals surface area (Å²) < 4.78 is 1.12. The Labute approximate surface area is 91.9 Å². The van der Waals surface area contributed by atoms with Gasteiger partial charge >= 0.3 is 0 Å². The lowest BCUT2D eigenvalue weighted by molar-refractivity contribution is 0.282. The molecule has 0 aliphatic heterocycles. The first-order valence-electron chi connectivity index (χ1n) is 4.56. The van der Waals surface area contributed by atoms with Crippen molar-refractivity contribution < 1.29 is 5.11 Å². The number of aryl methyl sites for hydroxylation is 1. The molecule has 14 heavy (non-hydrogen) atoms. The fourth-order valence-corrected chi connectivity index (χ4v) is 3.01. The van der Waals surface area contributed by atoms with E-state index in [9.17, 15) is 5.11 Å². The third-order valence-corrected chi connectivity index (χ3v) is 3.71. The molecule has 0 bridgehead atoms. The maximum Gasteiger partial charge on any atom is 0.0698 e. The normalized spacial score (nSPS) is 11.1. The van der Waals surface area contributed by atoms with Crippen molar-refractivity contribution in [3.8, 4) is 0 Å². The number of hydrogen-bond acceptors (Lipinski definition) is 2. The molecule has 3 heteroatoms. The van der Waals surface area contributed by atoms with Crippen molar-refractivity contribution in [3.63, 3.8) is 0 Å². The van der Waals surface area contributed by atoms with Gasteiger partial charge in [-0.25, -0.2) is 0 Å². The van der Waals surface area contributed by atoms with Gasteiger partial charge in [0.25, 0.3) is 0 Å². The maximum absolute atomic E-state index is 9.32. The van der Waals surface area contributed by atoms with Crippen LogP contribution in [-0.4, -0.2) is 5.11 Å². The molecule has 0 fully saturated rings. The summed E-state index contributed by atoms with van der Waals surface area (Å²) >= 11 is 7.77. The largest absolute Gasteiger partial charge is 0.392 e. The first-order valence-corrected chi connectivity index (χ1v) is 5.82. The summed E-state index contributed by atoms with van der Waals surface area (Å²) in [7, 11) is 0. The van der Waals surface area contributed by atoms with Crippen molar-refractivity contribution in [3.05, 3.63) is 33.7 Å². The van der Waals surface area contributed by atoms with Gasteiger partial charge in [0.1, 0.15) is 0 Å². The molecule has 0 spiro atoms. The van der Waals surface area contributed by atoms with Crippen LogP contribution in [0, 0.1) is 0 Å². The highest BCUT2D eigenvalue weighted by Gasteiger charge is 2.10. The van der Waals surface area contributed by atoms with Gasteiger partial charge in [-0.2, -0.15) is 0 Å². The average molecular weight is 227 g/mol. The van der Waals surface area contributed by atoms with Gasteiger partial charge in [0.15, 0.2) is 0 Å². The molecule has 0 saturated heterocycles. The molecule has 1 heterocycles. The van der Waals surface area contributed by atoms with E-state index in [0.717, 1.165) is 32.7 Å². The predicted molar refractivity (Wildman–Crippen MR) is 62.1 cm³/mol. The third kappa shape index (κ3) is 1.44. The summed E-state index contributed by atoms with van der Waals surface area (Å²) in [6.07, 6.45) is 0.906. The number of halogens is 1. The fourth-order valence-electron chi connectivity index (χ4n) is 1.68. The minimum atomic E-state index is 0.0946. The summed E-state index contributed by atoms with van der Waals surface area (Å²) in [6.45, 7) is 2.17. The molecule has 0 atom stereocenters. The second-order valence-electron chi connectivity index (χ2n) is 3.17. The highest BCUT2D eigenvalue weighted by atomic mass is 35.5. The van der Waals surface area contributed by atoms with E-state index in [4.69, 9.17) is 11.6 Å². The van der Waals surface area contributed by atoms with E-state index in [2.05, 4.69) is 6.92 Å². The molecule has 1 nitrogen and oxygen atoms in total. The molecule has 2 rings (SSSR count). The van der Waals surface area contributed by atoms with Crippen LogP contribution >= 0.6 is 22.9 Å². The quantitative estimate of drug-likeness (QED) is 0.830. The lowest BCUT2D eigenvalue weighted by Gasteiger charge is -2.07. The average Bonchev–Trinajstić information content (AvgIpc) is 2.66. The van der Waals surface area contributed by atoms with Gasteiger partial charge in [0.2, 0.25) is 0 Å². The molecule has 0 unspecified atom stereocenters. The van der Waals surface area contributed by atoms with E-state index in [-0.39, 0.29) is 6.61 Å². The number of fused-ring (bicyclic) bond motifs is 1. The molecule has 0 aliphatic rings. The lowest BCUT2D eigenvalue weighted by atomic mass is 10.0. The van der Waals surface area contributed by atoms with Crippen molar-refractivity contribution in [1.82, 2.24) is 0 Å². The van der Waals surface area contributed by atoms with Crippen LogP contribution in [0.3, 0.4) is 0 Å². The van der Waals surface area contributed by atoms with E-state index in [1.807, 2.05) is 17.5 Å². The van der Waals surface area contributed by atoms with Crippen LogP contribution in [-0.2, 0) is 13.0 Å². The Bertz CT molecular complexity index is 462. The minimum absolute atomic E-state index is 0.0946. The fraction of sp³-hybridized carbons (Fsp3) is 0.273. The maximum atomic E-state index is 9.32. The highest BCUT2D eigenvalue weighted by molar-refractivity contribution is 7.17. The second kappa shape index (κ2) is 3.89. The summed E-state index contributed by atoms with van der Waals surface area (Å²) in [6, 6.07) is 3.96. The number of benzene rings is 1. The molecule has 0 radical (unpaired) electrons. The number of hydrogen-bond donors (Lipinski definition) is 1. The Hall–Kier alpha value is -0.570. The van der Waals surface area contributed by atoms with Gasteiger partial charge < -0.3 is 5.11 Å². The minimum Gasteiger partial charge on any atom is -0.392 e. The van der Waals surface area contributed by atoms with E-state index < -0.39 is 0 Å². The first-order chi connectivity index (χ1) is 6.77. The van der Waals surface area contributed by atoms with Gasteiger partial charge in [-0.05, 0) is 35.1 Å². The van der Waals surface area contributed by atoms with Gasteiger partial charge in [0.05, 0.1) is 6.61 Å². The van der Waals surface area contributed by atoms with Crippen LogP contribution < -0.4 is 0 Å². The number of thiophene rings is 1. The van der Waals surface area contributed by atoms with Crippen molar-refractivity contribution in [1.29, 1.82) is 0 Å². The summed E-state index contributed by atoms with van der Waals surface area (Å²) in [5.74, 6) is 0. The molecule has 1 aromatic heterocycles. The number of rotatable bonds is 2. The predicted octanol–water partition coefficient (Wildman–Crippen LogP) is 3.61. The van der Waals surface area contributed by atoms with E-state index in [1.54, 1.807) is 11.3 Å². The van der Waals surface area contributed by atoms with Gasteiger partial charge in [-0.15, -0.1) is 11.3 Å². The van der Waals surface area contributed by atoms with Gasteiger partial charge in [-0.1, -0.05) is 18.5 Å². The van der Waals surface area contributed by atoms with Gasteiger partial charge in [-0.3, -0.25) is 0 Å². The summed E-state index contributed by atoms with van der Waals surface area (Å²) in [4.78, 5) is 0. The molecule has 0 amide bonds. The molecule has 74 valence electrons. The molecular formula is C11H11ClOS. The topological polar surface area (TPSA) is 20.2 Å². The molecule has 1 aromatic carbocycles. The second-order valence-corrected chi connectivity index (χ2v) is 4.49. The van der Waals surface area contributed by atoms with Crippen LogP contribution in [0.5, 0.6) is 0 Å². The van der Waals surface area contributed by atoms with E-state index >= 15 is 0 Å². The molecule has 1 N–H and O–H groups in total. The monoisotopic (exact) mass is 226 g/mol. The SMILES string of the molecule is CCc1cc(Cl)c2ccsc2c1CO. The van der Waals surface area contributed by atoms with E-state index in [0.29, 0.717) is 0 Å². The highest BCUT2D eigenvalue weighted by Crippen LogP contribution is 2.33. The zero-order chi connectivity index (χ0) is 10.1. The molecule has 2 aromatic rings. The van der Waals surface area contributed by atoms with Crippen LogP contribution in [0.15, 0.2) is 17.5 Å². The van der Waals surface area contributed by atoms with Crippen molar-refractivity contribution in [2.45, 2.75) is 20.0 Å². The van der Waals surface area contributed by atoms with Crippen LogP contribution in [0.1, 0.15) is 18.1 Å². The standard InChI is InChI=1S/C11H11ClOS/c1-2-7-5-10(12)8-3-4-14-11(8)9(7)6-13/h3-5,13H,2,6H2,1H3. The lowest BCUT2D eigenvalue weighted by Crippen LogP contribution is -1.92. The number of aliphatic hydroxyl groups is 1. The van der Waals surface area contributed by atoms with Crippen LogP contribution in [0.4, 0.5) is 0 Å². The van der Waals surface area contributed by atoms with Gasteiger partial charge in [0, 0.05) is 15.1 Å². The summed E-state index contributed by atoms with van der Waals surface area (Å²) in [5.41, 5.74) is 2.18. The van der Waals surface area contributed by atoms with E-state index in [1.165, 1.54) is 0 Å². The molecular weight excluding hydrogens is 216 g/mol. The first kappa shape index (κ1) is 9.97. The van der Waals surface area contributed by atoms with Crippen molar-refractivity contribution >= 4 is 33.0 Å². The Kier molecular flexibility index (Phi) is 2.77. The Morgan fingerprint density at radius 2 is 2.29 bits per heavy atom. The third-order valence-electron chi connectivity index (χ3n) is 2.42. The Morgan fingerprint density at radius 3 is 2.93 bits per heavy atom. The zero-order valence-corrected chi connectivity index (χ0v) is 9.45. The van der Waals surface area contributed by atoms with Crippen molar-refractivity contribution in [2.24, 2.45) is 0 Å². The number of aliphatic hydroxyl groups excluding tert-OH is 1. The Balaban J connectivity index is 2.82. The summed E-state index contributed by atoms with van der Waals surface area (Å²) in [5, 5.41) is 13.2. The molecule has 0 saturated carbocycles. The molecule has 0 aliphatic carbocycles. The Morgan fingerprint density at radius 1 is 1.50 bits per heavy atom. The van der Waals surface area contributed by atoms with Crippen molar-refractivity contribution in [2.75, 3.05) is 0 Å².